The second-order valence-electron chi connectivity index (χ2n) is 3.02. The van der Waals surface area contributed by atoms with Gasteiger partial charge in [-0.05, 0) is 13.3 Å². The molecular formula is C6H14NO2P. The van der Waals surface area contributed by atoms with Gasteiger partial charge in [-0.3, -0.25) is 4.79 Å². The Hall–Kier alpha value is -0.300. The minimum Gasteiger partial charge on any atom is -0.348 e. The molecule has 3 nitrogen and oxygen atoms in total. The summed E-state index contributed by atoms with van der Waals surface area (Å²) in [5.74, 6) is -0.0617. The van der Waals surface area contributed by atoms with Gasteiger partial charge >= 0.3 is 0 Å². The molecule has 0 aromatic heterocycles. The molecule has 0 atom stereocenters. The zero-order chi connectivity index (χ0) is 8.36. The van der Waals surface area contributed by atoms with Crippen molar-refractivity contribution in [1.29, 1.82) is 0 Å². The van der Waals surface area contributed by atoms with Gasteiger partial charge in [-0.25, -0.2) is 0 Å². The van der Waals surface area contributed by atoms with Gasteiger partial charge in [-0.1, -0.05) is 0 Å². The van der Waals surface area contributed by atoms with Crippen molar-refractivity contribution in [3.05, 3.63) is 0 Å². The first-order valence-electron chi connectivity index (χ1n) is 3.07. The highest BCUT2D eigenvalue weighted by Gasteiger charge is 2.14. The molecule has 0 saturated carbocycles. The molecular weight excluding hydrogens is 149 g/mol. The summed E-state index contributed by atoms with van der Waals surface area (Å²) in [6.45, 7) is 3.24. The van der Waals surface area contributed by atoms with E-state index in [-0.39, 0.29) is 12.1 Å². The van der Waals surface area contributed by atoms with Gasteiger partial charge in [0.25, 0.3) is 0 Å². The van der Waals surface area contributed by atoms with Crippen LogP contribution in [0, 0.1) is 0 Å². The smallest absolute Gasteiger partial charge is 0.229 e. The molecule has 0 unspecified atom stereocenters. The van der Waals surface area contributed by atoms with Crippen LogP contribution in [-0.2, 0) is 9.36 Å². The lowest BCUT2D eigenvalue weighted by Crippen LogP contribution is -2.24. The number of rotatable bonds is 2. The van der Waals surface area contributed by atoms with Crippen molar-refractivity contribution in [2.24, 2.45) is 0 Å². The molecule has 0 heterocycles. The monoisotopic (exact) mass is 163 g/mol. The summed E-state index contributed by atoms with van der Waals surface area (Å²) in [6.07, 6.45) is 0.181. The Morgan fingerprint density at radius 2 is 1.80 bits per heavy atom. The van der Waals surface area contributed by atoms with Gasteiger partial charge in [0.15, 0.2) is 0 Å². The molecule has 0 N–H and O–H groups in total. The highest BCUT2D eigenvalue weighted by molar-refractivity contribution is 7.63. The summed E-state index contributed by atoms with van der Waals surface area (Å²) < 4.78 is 11.1. The van der Waals surface area contributed by atoms with Crippen molar-refractivity contribution in [2.75, 3.05) is 33.6 Å². The Balaban J connectivity index is 3.94. The van der Waals surface area contributed by atoms with Crippen molar-refractivity contribution in [3.63, 3.8) is 0 Å². The number of carbonyl (C=O) groups excluding carboxylic acids is 1. The van der Waals surface area contributed by atoms with Gasteiger partial charge in [0.2, 0.25) is 5.91 Å². The minimum absolute atomic E-state index is 0.0617. The fraction of sp³-hybridized carbons (Fsp3) is 0.833. The van der Waals surface area contributed by atoms with E-state index in [1.165, 1.54) is 4.90 Å². The summed E-state index contributed by atoms with van der Waals surface area (Å²) in [5.41, 5.74) is 0. The molecule has 0 aliphatic carbocycles. The van der Waals surface area contributed by atoms with Crippen molar-refractivity contribution >= 4 is 13.0 Å². The molecule has 1 amide bonds. The third-order valence-corrected chi connectivity index (χ3v) is 2.05. The van der Waals surface area contributed by atoms with Crippen LogP contribution in [-0.4, -0.2) is 44.4 Å². The van der Waals surface area contributed by atoms with Crippen molar-refractivity contribution in [2.45, 2.75) is 0 Å². The highest BCUT2D eigenvalue weighted by atomic mass is 31.2. The topological polar surface area (TPSA) is 37.4 Å². The molecule has 0 rings (SSSR count). The molecule has 0 saturated heterocycles. The summed E-state index contributed by atoms with van der Waals surface area (Å²) in [6, 6.07) is 0. The van der Waals surface area contributed by atoms with Crippen molar-refractivity contribution in [1.82, 2.24) is 4.90 Å². The molecule has 0 aromatic carbocycles. The molecule has 0 bridgehead atoms. The number of amides is 1. The quantitative estimate of drug-likeness (QED) is 0.562. The van der Waals surface area contributed by atoms with E-state index in [1.807, 2.05) is 0 Å². The molecule has 0 aliphatic heterocycles. The Morgan fingerprint density at radius 1 is 1.40 bits per heavy atom. The molecule has 0 radical (unpaired) electrons. The van der Waals surface area contributed by atoms with Crippen LogP contribution in [0.2, 0.25) is 0 Å². The van der Waals surface area contributed by atoms with Crippen LogP contribution in [0.5, 0.6) is 0 Å². The van der Waals surface area contributed by atoms with Crippen LogP contribution < -0.4 is 0 Å². The fourth-order valence-electron chi connectivity index (χ4n) is 0.467. The van der Waals surface area contributed by atoms with Gasteiger partial charge in [-0.2, -0.15) is 0 Å². The first kappa shape index (κ1) is 9.70. The molecule has 60 valence electrons. The summed E-state index contributed by atoms with van der Waals surface area (Å²) >= 11 is 0. The zero-order valence-electron chi connectivity index (χ0n) is 6.92. The van der Waals surface area contributed by atoms with E-state index in [0.717, 1.165) is 0 Å². The third-order valence-electron chi connectivity index (χ3n) is 1.01. The fourth-order valence-corrected chi connectivity index (χ4v) is 1.40. The Morgan fingerprint density at radius 3 is 1.90 bits per heavy atom. The maximum atomic E-state index is 11.1. The van der Waals surface area contributed by atoms with E-state index in [4.69, 9.17) is 0 Å². The minimum atomic E-state index is -2.17. The molecule has 4 heteroatoms. The highest BCUT2D eigenvalue weighted by Crippen LogP contribution is 2.35. The van der Waals surface area contributed by atoms with Crippen LogP contribution in [0.3, 0.4) is 0 Å². The number of carbonyl (C=O) groups is 1. The van der Waals surface area contributed by atoms with Crippen LogP contribution in [0.25, 0.3) is 0 Å². The van der Waals surface area contributed by atoms with Crippen molar-refractivity contribution < 1.29 is 9.36 Å². The summed E-state index contributed by atoms with van der Waals surface area (Å²) in [4.78, 5) is 12.4. The van der Waals surface area contributed by atoms with Crippen molar-refractivity contribution in [3.8, 4) is 0 Å². The van der Waals surface area contributed by atoms with Gasteiger partial charge < -0.3 is 9.46 Å². The van der Waals surface area contributed by atoms with Gasteiger partial charge in [0, 0.05) is 14.1 Å². The van der Waals surface area contributed by atoms with Crippen LogP contribution in [0.1, 0.15) is 0 Å². The first-order valence-corrected chi connectivity index (χ1v) is 5.86. The summed E-state index contributed by atoms with van der Waals surface area (Å²) in [7, 11) is 1.16. The SMILES string of the molecule is CN(C)C(=O)CP(C)(C)=O. The Bertz CT molecular complexity index is 171. The zero-order valence-corrected chi connectivity index (χ0v) is 7.81. The maximum Gasteiger partial charge on any atom is 0.229 e. The van der Waals surface area contributed by atoms with Crippen LogP contribution >= 0.6 is 7.14 Å². The number of nitrogens with zero attached hydrogens (tertiary/aromatic N) is 1. The predicted octanol–water partition coefficient (Wildman–Crippen LogP) is 0.697. The normalized spacial score (nSPS) is 11.2. The van der Waals surface area contributed by atoms with E-state index in [2.05, 4.69) is 0 Å². The third kappa shape index (κ3) is 4.57. The van der Waals surface area contributed by atoms with Gasteiger partial charge in [-0.15, -0.1) is 0 Å². The lowest BCUT2D eigenvalue weighted by molar-refractivity contribution is -0.126. The van der Waals surface area contributed by atoms with Gasteiger partial charge in [0.05, 0.1) is 13.3 Å². The number of hydrogen-bond acceptors (Lipinski definition) is 2. The van der Waals surface area contributed by atoms with Crippen LogP contribution in [0.4, 0.5) is 0 Å². The van der Waals surface area contributed by atoms with Gasteiger partial charge in [0.1, 0.15) is 0 Å². The molecule has 10 heavy (non-hydrogen) atoms. The van der Waals surface area contributed by atoms with E-state index >= 15 is 0 Å². The standard InChI is InChI=1S/C6H14NO2P/c1-7(2)6(8)5-10(3,4)9/h5H2,1-4H3. The Kier molecular flexibility index (Phi) is 3.10. The molecule has 0 aliphatic rings. The lowest BCUT2D eigenvalue weighted by atomic mass is 10.6. The molecule has 0 aromatic rings. The molecule has 0 spiro atoms. The first-order chi connectivity index (χ1) is 4.33. The predicted molar refractivity (Wildman–Crippen MR) is 43.0 cm³/mol. The summed E-state index contributed by atoms with van der Waals surface area (Å²) in [5, 5.41) is 0. The van der Waals surface area contributed by atoms with E-state index in [1.54, 1.807) is 27.4 Å². The average Bonchev–Trinajstić information content (AvgIpc) is 1.60. The average molecular weight is 163 g/mol. The second kappa shape index (κ2) is 3.20. The van der Waals surface area contributed by atoms with E-state index in [9.17, 15) is 9.36 Å². The van der Waals surface area contributed by atoms with Crippen LogP contribution in [0.15, 0.2) is 0 Å². The Labute approximate surface area is 61.8 Å². The second-order valence-corrected chi connectivity index (χ2v) is 6.48. The maximum absolute atomic E-state index is 11.1. The van der Waals surface area contributed by atoms with E-state index < -0.39 is 7.14 Å². The number of hydrogen-bond donors (Lipinski definition) is 0. The lowest BCUT2D eigenvalue weighted by Gasteiger charge is -2.11. The largest absolute Gasteiger partial charge is 0.348 e. The van der Waals surface area contributed by atoms with E-state index in [0.29, 0.717) is 0 Å². The molecule has 0 fully saturated rings.